The average molecular weight is 384 g/mol. The van der Waals surface area contributed by atoms with Crippen molar-refractivity contribution in [3.63, 3.8) is 0 Å². The van der Waals surface area contributed by atoms with Gasteiger partial charge in [0.1, 0.15) is 17.2 Å². The van der Waals surface area contributed by atoms with Crippen LogP contribution in [0.2, 0.25) is 0 Å². The molecular weight excluding hydrogens is 356 g/mol. The van der Waals surface area contributed by atoms with Crippen molar-refractivity contribution in [3.8, 4) is 6.07 Å². The predicted molar refractivity (Wildman–Crippen MR) is 107 cm³/mol. The number of ether oxygens (including phenoxy) is 1. The minimum absolute atomic E-state index is 0.0103. The second-order valence-electron chi connectivity index (χ2n) is 7.90. The van der Waals surface area contributed by atoms with Gasteiger partial charge in [-0.3, -0.25) is 4.79 Å². The molecule has 1 heterocycles. The van der Waals surface area contributed by atoms with Crippen molar-refractivity contribution < 1.29 is 14.3 Å². The number of aryl methyl sites for hydroxylation is 1. The van der Waals surface area contributed by atoms with E-state index >= 15 is 0 Å². The molecule has 2 amide bonds. The molecule has 0 saturated carbocycles. The van der Waals surface area contributed by atoms with Crippen molar-refractivity contribution in [1.82, 2.24) is 10.2 Å². The number of nitrogens with zero attached hydrogens (tertiary/aromatic N) is 2. The summed E-state index contributed by atoms with van der Waals surface area (Å²) in [6.45, 7) is 8.59. The summed E-state index contributed by atoms with van der Waals surface area (Å²) in [6.07, 6.45) is 2.58. The number of hydrogen-bond acceptors (Lipinski definition) is 5. The zero-order chi connectivity index (χ0) is 20.7. The molecule has 1 fully saturated rings. The fourth-order valence-corrected chi connectivity index (χ4v) is 2.83. The van der Waals surface area contributed by atoms with Crippen LogP contribution >= 0.6 is 0 Å². The van der Waals surface area contributed by atoms with E-state index in [1.165, 1.54) is 6.20 Å². The van der Waals surface area contributed by atoms with E-state index in [2.05, 4.69) is 10.6 Å². The highest BCUT2D eigenvalue weighted by Crippen LogP contribution is 2.16. The summed E-state index contributed by atoms with van der Waals surface area (Å²) >= 11 is 0. The minimum Gasteiger partial charge on any atom is -0.444 e. The molecule has 0 aromatic heterocycles. The van der Waals surface area contributed by atoms with Gasteiger partial charge in [0.25, 0.3) is 5.91 Å². The highest BCUT2D eigenvalue weighted by molar-refractivity contribution is 6.06. The van der Waals surface area contributed by atoms with E-state index in [4.69, 9.17) is 4.74 Å². The van der Waals surface area contributed by atoms with Crippen molar-refractivity contribution in [2.24, 2.45) is 0 Å². The molecule has 2 rings (SSSR count). The van der Waals surface area contributed by atoms with Crippen molar-refractivity contribution in [3.05, 3.63) is 41.6 Å². The van der Waals surface area contributed by atoms with Crippen molar-refractivity contribution >= 4 is 17.7 Å². The van der Waals surface area contributed by atoms with E-state index in [1.807, 2.05) is 52.0 Å². The lowest BCUT2D eigenvalue weighted by molar-refractivity contribution is -0.112. The second-order valence-corrected chi connectivity index (χ2v) is 7.90. The number of carbonyl (C=O) groups excluding carboxylic acids is 2. The number of likely N-dealkylation sites (tertiary alicyclic amines) is 1. The minimum atomic E-state index is -0.513. The molecule has 0 atom stereocenters. The number of rotatable bonds is 4. The fraction of sp³-hybridized carbons (Fsp3) is 0.476. The van der Waals surface area contributed by atoms with Gasteiger partial charge in [0, 0.05) is 31.0 Å². The molecule has 0 radical (unpaired) electrons. The monoisotopic (exact) mass is 384 g/mol. The molecule has 150 valence electrons. The number of benzene rings is 1. The van der Waals surface area contributed by atoms with Crippen molar-refractivity contribution in [2.45, 2.75) is 52.2 Å². The maximum atomic E-state index is 12.3. The van der Waals surface area contributed by atoms with Crippen LogP contribution < -0.4 is 10.6 Å². The van der Waals surface area contributed by atoms with Gasteiger partial charge in [-0.2, -0.15) is 5.26 Å². The van der Waals surface area contributed by atoms with Gasteiger partial charge < -0.3 is 20.3 Å². The van der Waals surface area contributed by atoms with Gasteiger partial charge in [0.2, 0.25) is 0 Å². The largest absolute Gasteiger partial charge is 0.444 e. The Hall–Kier alpha value is -3.01. The van der Waals surface area contributed by atoms with E-state index in [9.17, 15) is 14.9 Å². The topological polar surface area (TPSA) is 94.5 Å². The molecule has 0 bridgehead atoms. The van der Waals surface area contributed by atoms with Crippen LogP contribution in [-0.2, 0) is 9.53 Å². The number of anilines is 1. The van der Waals surface area contributed by atoms with Gasteiger partial charge in [-0.05, 0) is 58.2 Å². The number of piperidine rings is 1. The highest BCUT2D eigenvalue weighted by atomic mass is 16.6. The normalized spacial score (nSPS) is 15.5. The van der Waals surface area contributed by atoms with Crippen LogP contribution in [0.1, 0.15) is 39.2 Å². The molecule has 0 aliphatic carbocycles. The summed E-state index contributed by atoms with van der Waals surface area (Å²) in [5.74, 6) is -0.452. The summed E-state index contributed by atoms with van der Waals surface area (Å²) < 4.78 is 5.38. The van der Waals surface area contributed by atoms with Crippen LogP contribution in [-0.4, -0.2) is 41.6 Å². The first-order valence-corrected chi connectivity index (χ1v) is 9.40. The average Bonchev–Trinajstić information content (AvgIpc) is 2.61. The van der Waals surface area contributed by atoms with Gasteiger partial charge >= 0.3 is 6.09 Å². The Bertz CT molecular complexity index is 782. The van der Waals surface area contributed by atoms with E-state index < -0.39 is 11.5 Å². The second kappa shape index (κ2) is 9.27. The summed E-state index contributed by atoms with van der Waals surface area (Å²) in [6, 6.07) is 9.42. The Balaban J connectivity index is 1.86. The molecule has 0 unspecified atom stereocenters. The first kappa shape index (κ1) is 21.3. The molecule has 1 saturated heterocycles. The fourth-order valence-electron chi connectivity index (χ4n) is 2.83. The lowest BCUT2D eigenvalue weighted by Crippen LogP contribution is -2.45. The first-order chi connectivity index (χ1) is 13.2. The molecule has 28 heavy (non-hydrogen) atoms. The molecular formula is C21H28N4O3. The smallest absolute Gasteiger partial charge is 0.410 e. The standard InChI is InChI=1S/C21H28N4O3/c1-15-6-5-7-18(12-15)24-19(26)16(13-22)14-23-17-8-10-25(11-9-17)20(27)28-21(2,3)4/h5-7,12,14,17,23H,8-11H2,1-4H3,(H,24,26)/b16-14-. The van der Waals surface area contributed by atoms with Crippen molar-refractivity contribution in [1.29, 1.82) is 5.26 Å². The number of hydrogen-bond donors (Lipinski definition) is 2. The van der Waals surface area contributed by atoms with E-state index in [0.29, 0.717) is 31.6 Å². The Morgan fingerprint density at radius 1 is 1.29 bits per heavy atom. The molecule has 2 N–H and O–H groups in total. The number of carbonyl (C=O) groups is 2. The lowest BCUT2D eigenvalue weighted by atomic mass is 10.1. The van der Waals surface area contributed by atoms with E-state index in [0.717, 1.165) is 5.56 Å². The molecule has 1 aliphatic rings. The third kappa shape index (κ3) is 6.62. The molecule has 1 aliphatic heterocycles. The Labute approximate surface area is 166 Å². The summed E-state index contributed by atoms with van der Waals surface area (Å²) in [5, 5.41) is 15.2. The van der Waals surface area contributed by atoms with Gasteiger partial charge in [0.15, 0.2) is 0 Å². The quantitative estimate of drug-likeness (QED) is 0.613. The summed E-state index contributed by atoms with van der Waals surface area (Å²) in [7, 11) is 0. The zero-order valence-electron chi connectivity index (χ0n) is 16.9. The third-order valence-corrected chi connectivity index (χ3v) is 4.25. The molecule has 1 aromatic carbocycles. The van der Waals surface area contributed by atoms with Gasteiger partial charge in [0.05, 0.1) is 0 Å². The maximum absolute atomic E-state index is 12.3. The van der Waals surface area contributed by atoms with E-state index in [-0.39, 0.29) is 17.7 Å². The maximum Gasteiger partial charge on any atom is 0.410 e. The summed E-state index contributed by atoms with van der Waals surface area (Å²) in [4.78, 5) is 26.1. The first-order valence-electron chi connectivity index (χ1n) is 9.40. The van der Waals surface area contributed by atoms with Gasteiger partial charge in [-0.1, -0.05) is 12.1 Å². The zero-order valence-corrected chi connectivity index (χ0v) is 16.9. The van der Waals surface area contributed by atoms with Crippen LogP contribution in [0.3, 0.4) is 0 Å². The Morgan fingerprint density at radius 2 is 1.96 bits per heavy atom. The molecule has 7 heteroatoms. The third-order valence-electron chi connectivity index (χ3n) is 4.25. The van der Waals surface area contributed by atoms with Crippen LogP contribution in [0.4, 0.5) is 10.5 Å². The van der Waals surface area contributed by atoms with Crippen LogP contribution in [0.25, 0.3) is 0 Å². The highest BCUT2D eigenvalue weighted by Gasteiger charge is 2.26. The summed E-state index contributed by atoms with van der Waals surface area (Å²) in [5.41, 5.74) is 1.17. The number of amides is 2. The van der Waals surface area contributed by atoms with Crippen LogP contribution in [0.15, 0.2) is 36.0 Å². The molecule has 1 aromatic rings. The Morgan fingerprint density at radius 3 is 2.54 bits per heavy atom. The van der Waals surface area contributed by atoms with E-state index in [1.54, 1.807) is 11.0 Å². The predicted octanol–water partition coefficient (Wildman–Crippen LogP) is 3.33. The number of nitriles is 1. The van der Waals surface area contributed by atoms with Gasteiger partial charge in [-0.15, -0.1) is 0 Å². The number of nitrogens with one attached hydrogen (secondary N) is 2. The molecule has 0 spiro atoms. The SMILES string of the molecule is Cc1cccc(NC(=O)/C(C#N)=C\NC2CCN(C(=O)OC(C)(C)C)CC2)c1. The van der Waals surface area contributed by atoms with Crippen LogP contribution in [0, 0.1) is 18.3 Å². The molecule has 7 nitrogen and oxygen atoms in total. The van der Waals surface area contributed by atoms with Gasteiger partial charge in [-0.25, -0.2) is 4.79 Å². The lowest BCUT2D eigenvalue weighted by Gasteiger charge is -2.33. The Kier molecular flexibility index (Phi) is 7.05. The van der Waals surface area contributed by atoms with Crippen molar-refractivity contribution in [2.75, 3.05) is 18.4 Å². The van der Waals surface area contributed by atoms with Crippen LogP contribution in [0.5, 0.6) is 0 Å².